The highest BCUT2D eigenvalue weighted by atomic mass is 16.2. The van der Waals surface area contributed by atoms with E-state index in [9.17, 15) is 9.59 Å². The number of nitrogens with two attached hydrogens (primary N) is 1. The van der Waals surface area contributed by atoms with Crippen molar-refractivity contribution in [2.75, 3.05) is 19.4 Å². The van der Waals surface area contributed by atoms with Crippen LogP contribution in [-0.2, 0) is 11.2 Å². The summed E-state index contributed by atoms with van der Waals surface area (Å²) < 4.78 is 0. The van der Waals surface area contributed by atoms with Crippen LogP contribution in [0.25, 0.3) is 0 Å². The molecule has 16 heavy (non-hydrogen) atoms. The highest BCUT2D eigenvalue weighted by Gasteiger charge is 2.17. The summed E-state index contributed by atoms with van der Waals surface area (Å²) in [7, 11) is 3.21. The molecule has 0 aromatic carbocycles. The lowest BCUT2D eigenvalue weighted by Gasteiger charge is -2.11. The molecule has 0 saturated carbocycles. The Morgan fingerprint density at radius 1 is 1.44 bits per heavy atom. The number of amides is 2. The van der Waals surface area contributed by atoms with Crippen molar-refractivity contribution in [1.82, 2.24) is 10.3 Å². The van der Waals surface area contributed by atoms with Crippen molar-refractivity contribution in [3.63, 3.8) is 0 Å². The van der Waals surface area contributed by atoms with E-state index in [1.165, 1.54) is 13.2 Å². The van der Waals surface area contributed by atoms with Crippen molar-refractivity contribution < 1.29 is 9.59 Å². The molecule has 0 radical (unpaired) electrons. The predicted molar refractivity (Wildman–Crippen MR) is 60.1 cm³/mol. The molecule has 0 aliphatic heterocycles. The van der Waals surface area contributed by atoms with Crippen LogP contribution in [0.4, 0.5) is 5.69 Å². The minimum absolute atomic E-state index is 0.0573. The first-order valence-corrected chi connectivity index (χ1v) is 4.76. The van der Waals surface area contributed by atoms with Gasteiger partial charge in [0.2, 0.25) is 5.91 Å². The van der Waals surface area contributed by atoms with Gasteiger partial charge in [-0.3, -0.25) is 14.6 Å². The highest BCUT2D eigenvalue weighted by Crippen LogP contribution is 2.17. The number of hydrogen-bond donors (Lipinski definition) is 3. The van der Waals surface area contributed by atoms with Gasteiger partial charge in [-0.1, -0.05) is 0 Å². The maximum Gasteiger partial charge on any atom is 0.255 e. The average Bonchev–Trinajstić information content (AvgIpc) is 2.27. The predicted octanol–water partition coefficient (Wildman–Crippen LogP) is -0.489. The molecule has 6 nitrogen and oxygen atoms in total. The first-order chi connectivity index (χ1) is 7.60. The molecule has 0 bridgehead atoms. The van der Waals surface area contributed by atoms with Crippen molar-refractivity contribution in [3.8, 4) is 0 Å². The molecular formula is C10H14N4O2. The van der Waals surface area contributed by atoms with Gasteiger partial charge in [-0.2, -0.15) is 0 Å². The Kier molecular flexibility index (Phi) is 3.82. The summed E-state index contributed by atoms with van der Waals surface area (Å²) in [4.78, 5) is 26.5. The topological polar surface area (TPSA) is 97.1 Å². The van der Waals surface area contributed by atoms with E-state index in [0.717, 1.165) is 0 Å². The number of primary amides is 1. The molecule has 1 aromatic heterocycles. The summed E-state index contributed by atoms with van der Waals surface area (Å²) in [6, 6.07) is 1.66. The molecule has 1 aromatic rings. The van der Waals surface area contributed by atoms with E-state index in [2.05, 4.69) is 15.6 Å². The SMILES string of the molecule is CNC(=O)c1c(NC)ccnc1CC(N)=O. The smallest absolute Gasteiger partial charge is 0.255 e. The number of carbonyl (C=O) groups excluding carboxylic acids is 2. The number of aromatic nitrogens is 1. The summed E-state index contributed by atoms with van der Waals surface area (Å²) >= 11 is 0. The molecule has 86 valence electrons. The van der Waals surface area contributed by atoms with Gasteiger partial charge in [0, 0.05) is 20.3 Å². The van der Waals surface area contributed by atoms with Crippen LogP contribution >= 0.6 is 0 Å². The summed E-state index contributed by atoms with van der Waals surface area (Å²) in [5.74, 6) is -0.820. The van der Waals surface area contributed by atoms with E-state index in [1.807, 2.05) is 0 Å². The van der Waals surface area contributed by atoms with Crippen LogP contribution in [0.1, 0.15) is 16.1 Å². The number of hydrogen-bond acceptors (Lipinski definition) is 4. The van der Waals surface area contributed by atoms with Crippen molar-refractivity contribution in [2.45, 2.75) is 6.42 Å². The molecule has 0 atom stereocenters. The summed E-state index contributed by atoms with van der Waals surface area (Å²) in [6.45, 7) is 0. The van der Waals surface area contributed by atoms with Crippen molar-refractivity contribution in [2.24, 2.45) is 5.73 Å². The van der Waals surface area contributed by atoms with Crippen LogP contribution in [0.2, 0.25) is 0 Å². The van der Waals surface area contributed by atoms with Gasteiger partial charge in [0.05, 0.1) is 23.4 Å². The first-order valence-electron chi connectivity index (χ1n) is 4.76. The number of nitrogens with one attached hydrogen (secondary N) is 2. The molecule has 4 N–H and O–H groups in total. The molecule has 2 amide bonds. The van der Waals surface area contributed by atoms with Crippen LogP contribution < -0.4 is 16.4 Å². The Morgan fingerprint density at radius 3 is 2.62 bits per heavy atom. The van der Waals surface area contributed by atoms with Gasteiger partial charge in [0.15, 0.2) is 0 Å². The second kappa shape index (κ2) is 5.11. The Morgan fingerprint density at radius 2 is 2.12 bits per heavy atom. The van der Waals surface area contributed by atoms with Gasteiger partial charge in [0.1, 0.15) is 0 Å². The lowest BCUT2D eigenvalue weighted by atomic mass is 10.1. The highest BCUT2D eigenvalue weighted by molar-refractivity contribution is 6.01. The molecule has 1 rings (SSSR count). The lowest BCUT2D eigenvalue weighted by molar-refractivity contribution is -0.117. The largest absolute Gasteiger partial charge is 0.387 e. The van der Waals surface area contributed by atoms with Crippen LogP contribution in [-0.4, -0.2) is 30.9 Å². The van der Waals surface area contributed by atoms with E-state index >= 15 is 0 Å². The van der Waals surface area contributed by atoms with Gasteiger partial charge in [0.25, 0.3) is 5.91 Å². The molecule has 1 heterocycles. The Balaban J connectivity index is 3.25. The van der Waals surface area contributed by atoms with Crippen LogP contribution in [0.5, 0.6) is 0 Å². The van der Waals surface area contributed by atoms with Gasteiger partial charge in [-0.05, 0) is 6.07 Å². The van der Waals surface area contributed by atoms with Gasteiger partial charge >= 0.3 is 0 Å². The van der Waals surface area contributed by atoms with Gasteiger partial charge < -0.3 is 16.4 Å². The lowest BCUT2D eigenvalue weighted by Crippen LogP contribution is -2.24. The van der Waals surface area contributed by atoms with Crippen molar-refractivity contribution in [3.05, 3.63) is 23.5 Å². The number of nitrogens with zero attached hydrogens (tertiary/aromatic N) is 1. The average molecular weight is 222 g/mol. The maximum atomic E-state index is 11.7. The molecule has 0 fully saturated rings. The Bertz CT molecular complexity index is 417. The normalized spacial score (nSPS) is 9.62. The second-order valence-corrected chi connectivity index (χ2v) is 3.15. The van der Waals surface area contributed by atoms with E-state index < -0.39 is 5.91 Å². The zero-order valence-corrected chi connectivity index (χ0v) is 9.20. The third kappa shape index (κ3) is 2.47. The zero-order chi connectivity index (χ0) is 12.1. The van der Waals surface area contributed by atoms with Crippen molar-refractivity contribution >= 4 is 17.5 Å². The fourth-order valence-electron chi connectivity index (χ4n) is 1.39. The first kappa shape index (κ1) is 12.0. The molecule has 0 spiro atoms. The Labute approximate surface area is 93.2 Å². The number of rotatable bonds is 4. The molecule has 0 unspecified atom stereocenters. The maximum absolute atomic E-state index is 11.7. The van der Waals surface area contributed by atoms with Crippen molar-refractivity contribution in [1.29, 1.82) is 0 Å². The van der Waals surface area contributed by atoms with Crippen LogP contribution in [0.15, 0.2) is 12.3 Å². The van der Waals surface area contributed by atoms with E-state index in [0.29, 0.717) is 16.9 Å². The molecular weight excluding hydrogens is 208 g/mol. The zero-order valence-electron chi connectivity index (χ0n) is 9.20. The molecule has 0 aliphatic rings. The number of anilines is 1. The fourth-order valence-corrected chi connectivity index (χ4v) is 1.39. The number of pyridine rings is 1. The standard InChI is InChI=1S/C10H14N4O2/c1-12-6-3-4-14-7(5-8(11)15)9(6)10(16)13-2/h3-4H,5H2,1-2H3,(H2,11,15)(H,12,14)(H,13,16). The second-order valence-electron chi connectivity index (χ2n) is 3.15. The quantitative estimate of drug-likeness (QED) is 0.640. The fraction of sp³-hybridized carbons (Fsp3) is 0.300. The Hall–Kier alpha value is -2.11. The van der Waals surface area contributed by atoms with E-state index in [4.69, 9.17) is 5.73 Å². The summed E-state index contributed by atoms with van der Waals surface area (Å²) in [6.07, 6.45) is 1.47. The van der Waals surface area contributed by atoms with E-state index in [1.54, 1.807) is 13.1 Å². The van der Waals surface area contributed by atoms with E-state index in [-0.39, 0.29) is 12.3 Å². The third-order valence-corrected chi connectivity index (χ3v) is 2.09. The van der Waals surface area contributed by atoms with Crippen LogP contribution in [0.3, 0.4) is 0 Å². The molecule has 0 saturated heterocycles. The monoisotopic (exact) mass is 222 g/mol. The third-order valence-electron chi connectivity index (χ3n) is 2.09. The van der Waals surface area contributed by atoms with Crippen LogP contribution in [0, 0.1) is 0 Å². The number of carbonyl (C=O) groups is 2. The molecule has 0 aliphatic carbocycles. The molecule has 6 heteroatoms. The van der Waals surface area contributed by atoms with Gasteiger partial charge in [-0.25, -0.2) is 0 Å². The minimum atomic E-state index is -0.522. The summed E-state index contributed by atoms with van der Waals surface area (Å²) in [5.41, 5.74) is 6.44. The summed E-state index contributed by atoms with van der Waals surface area (Å²) in [5, 5.41) is 5.37. The van der Waals surface area contributed by atoms with Gasteiger partial charge in [-0.15, -0.1) is 0 Å². The minimum Gasteiger partial charge on any atom is -0.387 e.